The van der Waals surface area contributed by atoms with E-state index in [1.165, 1.54) is 38.5 Å². The van der Waals surface area contributed by atoms with E-state index in [1.807, 2.05) is 0 Å². The second-order valence-corrected chi connectivity index (χ2v) is 8.24. The van der Waals surface area contributed by atoms with E-state index in [0.29, 0.717) is 24.8 Å². The number of aliphatic carboxylic acids is 2. The lowest BCUT2D eigenvalue weighted by atomic mass is 9.99. The van der Waals surface area contributed by atoms with E-state index < -0.39 is 11.9 Å². The molecule has 0 aromatic rings. The second-order valence-electron chi connectivity index (χ2n) is 8.24. The third kappa shape index (κ3) is 14.9. The number of unbranched alkanes of at least 4 members (excludes halogenated alkanes) is 8. The van der Waals surface area contributed by atoms with Gasteiger partial charge in [0.05, 0.1) is 6.61 Å². The first-order valence-electron chi connectivity index (χ1n) is 11.3. The van der Waals surface area contributed by atoms with E-state index in [-0.39, 0.29) is 0 Å². The SMILES string of the molecule is O=C(O)CCCCCCCC(CCCCCCCC(=O)O)NCC1CCOC1. The largest absolute Gasteiger partial charge is 0.481 e. The van der Waals surface area contributed by atoms with Crippen LogP contribution < -0.4 is 5.32 Å². The van der Waals surface area contributed by atoms with E-state index in [4.69, 9.17) is 14.9 Å². The highest BCUT2D eigenvalue weighted by Crippen LogP contribution is 2.16. The Kier molecular flexibility index (Phi) is 14.9. The standard InChI is InChI=1S/C22H41NO5/c24-21(25)13-9-5-1-3-7-11-20(23-17-19-15-16-28-18-19)12-8-4-2-6-10-14-22(26)27/h19-20,23H,1-18H2,(H,24,25)(H,26,27). The molecule has 1 heterocycles. The maximum absolute atomic E-state index is 10.5. The molecule has 0 radical (unpaired) electrons. The van der Waals surface area contributed by atoms with Gasteiger partial charge in [0.25, 0.3) is 0 Å². The van der Waals surface area contributed by atoms with Gasteiger partial charge >= 0.3 is 11.9 Å². The van der Waals surface area contributed by atoms with Gasteiger partial charge in [-0.3, -0.25) is 9.59 Å². The molecule has 1 rings (SSSR count). The summed E-state index contributed by atoms with van der Waals surface area (Å²) in [5, 5.41) is 21.1. The van der Waals surface area contributed by atoms with E-state index in [1.54, 1.807) is 0 Å². The highest BCUT2D eigenvalue weighted by Gasteiger charge is 2.17. The van der Waals surface area contributed by atoms with Crippen LogP contribution in [0.2, 0.25) is 0 Å². The van der Waals surface area contributed by atoms with E-state index in [0.717, 1.165) is 64.7 Å². The fourth-order valence-electron chi connectivity index (χ4n) is 3.82. The molecule has 0 aliphatic carbocycles. The van der Waals surface area contributed by atoms with Crippen LogP contribution in [0.1, 0.15) is 96.3 Å². The summed E-state index contributed by atoms with van der Waals surface area (Å²) in [5.74, 6) is -0.735. The molecule has 0 spiro atoms. The smallest absolute Gasteiger partial charge is 0.303 e. The summed E-state index contributed by atoms with van der Waals surface area (Å²) in [4.78, 5) is 21.1. The van der Waals surface area contributed by atoms with Crippen LogP contribution in [0.3, 0.4) is 0 Å². The van der Waals surface area contributed by atoms with Crippen molar-refractivity contribution in [2.45, 2.75) is 102 Å². The molecule has 0 aromatic heterocycles. The molecule has 1 aliphatic heterocycles. The van der Waals surface area contributed by atoms with Crippen LogP contribution in [0.15, 0.2) is 0 Å². The predicted octanol–water partition coefficient (Wildman–Crippen LogP) is 4.61. The van der Waals surface area contributed by atoms with Gasteiger partial charge < -0.3 is 20.3 Å². The lowest BCUT2D eigenvalue weighted by Gasteiger charge is -2.21. The molecule has 1 fully saturated rings. The van der Waals surface area contributed by atoms with Gasteiger partial charge in [-0.2, -0.15) is 0 Å². The number of hydrogen-bond donors (Lipinski definition) is 3. The first-order chi connectivity index (χ1) is 13.6. The van der Waals surface area contributed by atoms with Crippen molar-refractivity contribution in [3.8, 4) is 0 Å². The van der Waals surface area contributed by atoms with Gasteiger partial charge in [-0.25, -0.2) is 0 Å². The second kappa shape index (κ2) is 16.8. The molecule has 0 saturated carbocycles. The fourth-order valence-corrected chi connectivity index (χ4v) is 3.82. The van der Waals surface area contributed by atoms with Crippen LogP contribution >= 0.6 is 0 Å². The normalized spacial score (nSPS) is 16.7. The summed E-state index contributed by atoms with van der Waals surface area (Å²) in [5.41, 5.74) is 0. The third-order valence-electron chi connectivity index (χ3n) is 5.61. The molecular formula is C22H41NO5. The van der Waals surface area contributed by atoms with Crippen molar-refractivity contribution in [3.63, 3.8) is 0 Å². The van der Waals surface area contributed by atoms with E-state index >= 15 is 0 Å². The van der Waals surface area contributed by atoms with Crippen LogP contribution in [-0.2, 0) is 14.3 Å². The highest BCUT2D eigenvalue weighted by atomic mass is 16.5. The number of ether oxygens (including phenoxy) is 1. The van der Waals surface area contributed by atoms with Gasteiger partial charge in [0.15, 0.2) is 0 Å². The Hall–Kier alpha value is -1.14. The van der Waals surface area contributed by atoms with Crippen LogP contribution in [-0.4, -0.2) is 48.0 Å². The molecule has 0 bridgehead atoms. The topological polar surface area (TPSA) is 95.9 Å². The monoisotopic (exact) mass is 399 g/mol. The molecule has 1 atom stereocenters. The van der Waals surface area contributed by atoms with Gasteiger partial charge in [-0.1, -0.05) is 51.4 Å². The first-order valence-corrected chi connectivity index (χ1v) is 11.3. The number of hydrogen-bond acceptors (Lipinski definition) is 4. The van der Waals surface area contributed by atoms with Crippen LogP contribution in [0, 0.1) is 5.92 Å². The molecule has 0 amide bonds. The van der Waals surface area contributed by atoms with Crippen LogP contribution in [0.5, 0.6) is 0 Å². The number of carboxylic acid groups (broad SMARTS) is 2. The lowest BCUT2D eigenvalue weighted by molar-refractivity contribution is -0.138. The number of carboxylic acids is 2. The Morgan fingerprint density at radius 1 is 0.821 bits per heavy atom. The molecule has 164 valence electrons. The molecule has 6 heteroatoms. The zero-order valence-corrected chi connectivity index (χ0v) is 17.5. The molecule has 28 heavy (non-hydrogen) atoms. The average Bonchev–Trinajstić information content (AvgIpc) is 3.16. The molecule has 6 nitrogen and oxygen atoms in total. The highest BCUT2D eigenvalue weighted by molar-refractivity contribution is 5.66. The minimum absolute atomic E-state index is 0.292. The predicted molar refractivity (Wildman–Crippen MR) is 111 cm³/mol. The summed E-state index contributed by atoms with van der Waals surface area (Å²) in [6, 6.07) is 0.554. The molecule has 1 unspecified atom stereocenters. The quantitative estimate of drug-likeness (QED) is 0.274. The van der Waals surface area contributed by atoms with Crippen molar-refractivity contribution < 1.29 is 24.5 Å². The van der Waals surface area contributed by atoms with Crippen molar-refractivity contribution in [3.05, 3.63) is 0 Å². The molecular weight excluding hydrogens is 358 g/mol. The van der Waals surface area contributed by atoms with E-state index in [9.17, 15) is 9.59 Å². The van der Waals surface area contributed by atoms with Crippen LogP contribution in [0.4, 0.5) is 0 Å². The Labute approximate surface area is 170 Å². The molecule has 1 saturated heterocycles. The number of nitrogens with one attached hydrogen (secondary N) is 1. The molecule has 0 aromatic carbocycles. The van der Waals surface area contributed by atoms with Gasteiger partial charge in [0.1, 0.15) is 0 Å². The maximum Gasteiger partial charge on any atom is 0.303 e. The summed E-state index contributed by atoms with van der Waals surface area (Å²) < 4.78 is 5.47. The molecule has 3 N–H and O–H groups in total. The van der Waals surface area contributed by atoms with Gasteiger partial charge in [-0.15, -0.1) is 0 Å². The van der Waals surface area contributed by atoms with Gasteiger partial charge in [0.2, 0.25) is 0 Å². The summed E-state index contributed by atoms with van der Waals surface area (Å²) in [6.45, 7) is 2.82. The minimum atomic E-state index is -0.692. The van der Waals surface area contributed by atoms with Gasteiger partial charge in [0, 0.05) is 32.0 Å². The van der Waals surface area contributed by atoms with Crippen molar-refractivity contribution in [1.82, 2.24) is 5.32 Å². The third-order valence-corrected chi connectivity index (χ3v) is 5.61. The van der Waals surface area contributed by atoms with E-state index in [2.05, 4.69) is 5.32 Å². The lowest BCUT2D eigenvalue weighted by Crippen LogP contribution is -2.33. The number of carbonyl (C=O) groups is 2. The zero-order chi connectivity index (χ0) is 20.5. The fraction of sp³-hybridized carbons (Fsp3) is 0.909. The Balaban J connectivity index is 2.12. The zero-order valence-electron chi connectivity index (χ0n) is 17.5. The van der Waals surface area contributed by atoms with Crippen molar-refractivity contribution in [2.75, 3.05) is 19.8 Å². The van der Waals surface area contributed by atoms with Gasteiger partial charge in [-0.05, 0) is 38.0 Å². The van der Waals surface area contributed by atoms with Crippen molar-refractivity contribution in [2.24, 2.45) is 5.92 Å². The van der Waals surface area contributed by atoms with Crippen molar-refractivity contribution in [1.29, 1.82) is 0 Å². The molecule has 1 aliphatic rings. The Morgan fingerprint density at radius 3 is 1.79 bits per heavy atom. The van der Waals surface area contributed by atoms with Crippen molar-refractivity contribution >= 4 is 11.9 Å². The minimum Gasteiger partial charge on any atom is -0.481 e. The summed E-state index contributed by atoms with van der Waals surface area (Å²) in [7, 11) is 0. The summed E-state index contributed by atoms with van der Waals surface area (Å²) in [6.07, 6.45) is 14.7. The summed E-state index contributed by atoms with van der Waals surface area (Å²) >= 11 is 0. The van der Waals surface area contributed by atoms with Crippen LogP contribution in [0.25, 0.3) is 0 Å². The average molecular weight is 400 g/mol. The maximum atomic E-state index is 10.5. The Bertz CT molecular complexity index is 382. The number of rotatable bonds is 19. The first kappa shape index (κ1) is 24.9. The Morgan fingerprint density at radius 2 is 1.32 bits per heavy atom.